The minimum absolute atomic E-state index is 0.0274. The number of nitrogens with one attached hydrogen (secondary N) is 1. The minimum atomic E-state index is -1.92. The number of carbonyl (C=O) groups excluding carboxylic acids is 1. The van der Waals surface area contributed by atoms with Crippen molar-refractivity contribution in [3.63, 3.8) is 0 Å². The van der Waals surface area contributed by atoms with Crippen LogP contribution in [0.2, 0.25) is 0 Å². The molecule has 0 aliphatic carbocycles. The first-order chi connectivity index (χ1) is 4.70. The van der Waals surface area contributed by atoms with Crippen molar-refractivity contribution in [2.24, 2.45) is 5.73 Å². The van der Waals surface area contributed by atoms with Crippen LogP contribution in [-0.4, -0.2) is 22.3 Å². The Morgan fingerprint density at radius 2 is 2.40 bits per heavy atom. The van der Waals surface area contributed by atoms with E-state index in [1.54, 1.807) is 0 Å². The highest BCUT2D eigenvalue weighted by atomic mass is 32.2. The Morgan fingerprint density at radius 3 is 2.80 bits per heavy atom. The van der Waals surface area contributed by atoms with Crippen molar-refractivity contribution in [2.75, 3.05) is 6.54 Å². The van der Waals surface area contributed by atoms with Gasteiger partial charge in [0.2, 0.25) is 0 Å². The highest BCUT2D eigenvalue weighted by Gasteiger charge is 2.03. The van der Waals surface area contributed by atoms with E-state index in [9.17, 15) is 9.00 Å². The van der Waals surface area contributed by atoms with Gasteiger partial charge in [-0.05, 0) is 0 Å². The zero-order valence-electron chi connectivity index (χ0n) is 5.20. The molecular weight excluding hydrogens is 156 g/mol. The van der Waals surface area contributed by atoms with E-state index in [4.69, 9.17) is 11.1 Å². The van der Waals surface area contributed by atoms with E-state index in [2.05, 4.69) is 4.18 Å². The first kappa shape index (κ1) is 9.25. The molecule has 1 unspecified atom stereocenters. The molecule has 0 amide bonds. The lowest BCUT2D eigenvalue weighted by Gasteiger charge is -1.95. The summed E-state index contributed by atoms with van der Waals surface area (Å²) >= 11 is -1.92. The Labute approximate surface area is 60.7 Å². The molecule has 0 aliphatic rings. The monoisotopic (exact) mass is 164 g/mol. The van der Waals surface area contributed by atoms with E-state index in [1.807, 2.05) is 0 Å². The molecule has 0 rings (SSSR count). The normalized spacial score (nSPS) is 12.1. The van der Waals surface area contributed by atoms with Gasteiger partial charge in [-0.15, -0.1) is 0 Å². The van der Waals surface area contributed by atoms with Crippen molar-refractivity contribution < 1.29 is 13.2 Å². The lowest BCUT2D eigenvalue weighted by molar-refractivity contribution is -0.133. The van der Waals surface area contributed by atoms with Crippen LogP contribution in [0.3, 0.4) is 0 Å². The lowest BCUT2D eigenvalue weighted by Crippen LogP contribution is -2.12. The summed E-state index contributed by atoms with van der Waals surface area (Å²) in [6.07, 6.45) is 0.0274. The maximum atomic E-state index is 10.4. The molecule has 0 aromatic heterocycles. The van der Waals surface area contributed by atoms with Crippen LogP contribution >= 0.6 is 0 Å². The molecule has 0 bridgehead atoms. The largest absolute Gasteiger partial charge is 0.360 e. The van der Waals surface area contributed by atoms with Crippen LogP contribution in [0.15, 0.2) is 0 Å². The summed E-state index contributed by atoms with van der Waals surface area (Å²) in [5.41, 5.74) is 5.53. The van der Waals surface area contributed by atoms with E-state index >= 15 is 0 Å². The molecule has 0 fully saturated rings. The molecule has 0 aromatic carbocycles. The van der Waals surface area contributed by atoms with Gasteiger partial charge in [-0.2, -0.15) is 0 Å². The summed E-state index contributed by atoms with van der Waals surface area (Å²) in [4.78, 5) is 10.4. The fourth-order valence-electron chi connectivity index (χ4n) is 0.275. The third kappa shape index (κ3) is 4.16. The van der Waals surface area contributed by atoms with E-state index in [1.165, 1.54) is 0 Å². The van der Waals surface area contributed by atoms with Gasteiger partial charge < -0.3 is 9.92 Å². The molecule has 0 radical (unpaired) electrons. The van der Waals surface area contributed by atoms with Gasteiger partial charge >= 0.3 is 5.97 Å². The molecule has 0 saturated heterocycles. The fraction of sp³-hybridized carbons (Fsp3) is 0.500. The van der Waals surface area contributed by atoms with Gasteiger partial charge in [0.15, 0.2) is 0 Å². The predicted octanol–water partition coefficient (Wildman–Crippen LogP) is -0.851. The molecule has 0 saturated carbocycles. The van der Waals surface area contributed by atoms with Crippen molar-refractivity contribution >= 4 is 22.6 Å². The van der Waals surface area contributed by atoms with Crippen LogP contribution in [0, 0.1) is 5.41 Å². The standard InChI is InChI=1S/C4H8N2O3S/c5-2-1-4(7)9-10(8)3-6/h3,6H,1-2,5H2. The second-order valence-electron chi connectivity index (χ2n) is 1.37. The Kier molecular flexibility index (Phi) is 4.69. The number of rotatable bonds is 4. The molecular formula is C4H8N2O3S. The van der Waals surface area contributed by atoms with Crippen LogP contribution < -0.4 is 5.73 Å². The topological polar surface area (TPSA) is 93.2 Å². The molecule has 3 N–H and O–H groups in total. The molecule has 6 heteroatoms. The van der Waals surface area contributed by atoms with Gasteiger partial charge in [0.05, 0.1) is 6.42 Å². The van der Waals surface area contributed by atoms with Crippen LogP contribution in [0.5, 0.6) is 0 Å². The number of hydrogen-bond donors (Lipinski definition) is 2. The van der Waals surface area contributed by atoms with Crippen LogP contribution in [0.25, 0.3) is 0 Å². The molecule has 0 heterocycles. The average Bonchev–Trinajstić information content (AvgIpc) is 1.88. The molecule has 58 valence electrons. The maximum Gasteiger partial charge on any atom is 0.321 e. The molecule has 0 spiro atoms. The molecule has 0 aromatic rings. The van der Waals surface area contributed by atoms with Gasteiger partial charge in [-0.25, -0.2) is 4.21 Å². The Bertz CT molecular complexity index is 159. The van der Waals surface area contributed by atoms with Gasteiger partial charge in [0.1, 0.15) is 5.55 Å². The summed E-state index contributed by atoms with van der Waals surface area (Å²) in [7, 11) is 0. The SMILES string of the molecule is N=CS(=O)OC(=O)CCN. The molecule has 1 atom stereocenters. The van der Waals surface area contributed by atoms with Crippen LogP contribution in [-0.2, 0) is 20.1 Å². The molecule has 5 nitrogen and oxygen atoms in total. The maximum absolute atomic E-state index is 10.4. The highest BCUT2D eigenvalue weighted by molar-refractivity contribution is 7.94. The van der Waals surface area contributed by atoms with Crippen molar-refractivity contribution in [3.05, 3.63) is 0 Å². The minimum Gasteiger partial charge on any atom is -0.360 e. The second-order valence-corrected chi connectivity index (χ2v) is 2.30. The van der Waals surface area contributed by atoms with Gasteiger partial charge in [0.25, 0.3) is 11.1 Å². The summed E-state index contributed by atoms with van der Waals surface area (Å²) < 4.78 is 14.4. The van der Waals surface area contributed by atoms with E-state index < -0.39 is 17.0 Å². The zero-order valence-corrected chi connectivity index (χ0v) is 6.02. The van der Waals surface area contributed by atoms with Gasteiger partial charge in [0, 0.05) is 6.54 Å². The Hall–Kier alpha value is -0.750. The van der Waals surface area contributed by atoms with E-state index in [0.29, 0.717) is 5.55 Å². The number of nitrogens with two attached hydrogens (primary N) is 1. The van der Waals surface area contributed by atoms with Crippen molar-refractivity contribution in [1.29, 1.82) is 5.41 Å². The predicted molar refractivity (Wildman–Crippen MR) is 36.7 cm³/mol. The number of carbonyl (C=O) groups is 1. The summed E-state index contributed by atoms with van der Waals surface area (Å²) in [5.74, 6) is -0.649. The molecule has 0 aliphatic heterocycles. The van der Waals surface area contributed by atoms with Crippen LogP contribution in [0.4, 0.5) is 0 Å². The van der Waals surface area contributed by atoms with Crippen LogP contribution in [0.1, 0.15) is 6.42 Å². The highest BCUT2D eigenvalue weighted by Crippen LogP contribution is 1.86. The second kappa shape index (κ2) is 5.07. The van der Waals surface area contributed by atoms with Gasteiger partial charge in [-0.1, -0.05) is 0 Å². The smallest absolute Gasteiger partial charge is 0.321 e. The van der Waals surface area contributed by atoms with E-state index in [-0.39, 0.29) is 13.0 Å². The Morgan fingerprint density at radius 1 is 1.80 bits per heavy atom. The molecule has 10 heavy (non-hydrogen) atoms. The van der Waals surface area contributed by atoms with Crippen molar-refractivity contribution in [1.82, 2.24) is 0 Å². The Balaban J connectivity index is 3.57. The van der Waals surface area contributed by atoms with Gasteiger partial charge in [-0.3, -0.25) is 10.2 Å². The number of hydrogen-bond acceptors (Lipinski definition) is 5. The summed E-state index contributed by atoms with van der Waals surface area (Å²) in [6, 6.07) is 0. The average molecular weight is 164 g/mol. The lowest BCUT2D eigenvalue weighted by atomic mass is 10.5. The van der Waals surface area contributed by atoms with Crippen molar-refractivity contribution in [2.45, 2.75) is 6.42 Å². The quantitative estimate of drug-likeness (QED) is 0.418. The summed E-state index contributed by atoms with van der Waals surface area (Å²) in [5, 5.41) is 6.40. The van der Waals surface area contributed by atoms with E-state index in [0.717, 1.165) is 0 Å². The third-order valence-electron chi connectivity index (χ3n) is 0.620. The third-order valence-corrected chi connectivity index (χ3v) is 1.16. The van der Waals surface area contributed by atoms with Crippen molar-refractivity contribution in [3.8, 4) is 0 Å². The fourth-order valence-corrected chi connectivity index (χ4v) is 0.590. The zero-order chi connectivity index (χ0) is 7.98. The first-order valence-corrected chi connectivity index (χ1v) is 3.67. The first-order valence-electron chi connectivity index (χ1n) is 2.53. The summed E-state index contributed by atoms with van der Waals surface area (Å²) in [6.45, 7) is 0.161.